The Kier molecular flexibility index (Phi) is 8.17. The minimum atomic E-state index is -0.531. The van der Waals surface area contributed by atoms with Gasteiger partial charge < -0.3 is 9.47 Å². The lowest BCUT2D eigenvalue weighted by Gasteiger charge is -2.14. The van der Waals surface area contributed by atoms with Crippen LogP contribution in [0.1, 0.15) is 37.6 Å². The average Bonchev–Trinajstić information content (AvgIpc) is 2.89. The highest BCUT2D eigenvalue weighted by Gasteiger charge is 2.17. The topological polar surface area (TPSA) is 122 Å². The van der Waals surface area contributed by atoms with Crippen molar-refractivity contribution in [3.05, 3.63) is 88.6 Å². The minimum absolute atomic E-state index is 0.0116. The maximum Gasteiger partial charge on any atom is 0.287 e. The SMILES string of the molecule is CC[C@@H](C)c1nc2ccc(Br)cc2c(=O)n1N=Cc1cc(I)c(Oc2ccc([N+](=O)[O-])cn2)c(OC)c1. The lowest BCUT2D eigenvalue weighted by molar-refractivity contribution is -0.385. The van der Waals surface area contributed by atoms with E-state index in [9.17, 15) is 14.9 Å². The zero-order valence-corrected chi connectivity index (χ0v) is 23.8. The molecule has 1 atom stereocenters. The van der Waals surface area contributed by atoms with Gasteiger partial charge in [-0.2, -0.15) is 9.78 Å². The fourth-order valence-corrected chi connectivity index (χ4v) is 4.56. The molecule has 4 rings (SSSR count). The molecule has 0 saturated carbocycles. The number of nitro groups is 1. The molecule has 0 radical (unpaired) electrons. The number of aromatic nitrogens is 3. The summed E-state index contributed by atoms with van der Waals surface area (Å²) in [6.07, 6.45) is 3.48. The summed E-state index contributed by atoms with van der Waals surface area (Å²) >= 11 is 5.51. The van der Waals surface area contributed by atoms with Gasteiger partial charge in [0.25, 0.3) is 11.2 Å². The highest BCUT2D eigenvalue weighted by Crippen LogP contribution is 2.36. The Labute approximate surface area is 233 Å². The number of pyridine rings is 1. The second-order valence-electron chi connectivity index (χ2n) is 8.05. The Morgan fingerprint density at radius 3 is 2.70 bits per heavy atom. The lowest BCUT2D eigenvalue weighted by atomic mass is 10.1. The van der Waals surface area contributed by atoms with Gasteiger partial charge in [-0.25, -0.2) is 9.97 Å². The number of halogens is 2. The highest BCUT2D eigenvalue weighted by atomic mass is 127. The Morgan fingerprint density at radius 1 is 1.27 bits per heavy atom. The van der Waals surface area contributed by atoms with Crippen LogP contribution in [0.25, 0.3) is 10.9 Å². The molecule has 2 heterocycles. The van der Waals surface area contributed by atoms with E-state index < -0.39 is 4.92 Å². The molecule has 2 aromatic heterocycles. The third-order valence-electron chi connectivity index (χ3n) is 5.60. The third-order valence-corrected chi connectivity index (χ3v) is 6.89. The van der Waals surface area contributed by atoms with E-state index in [4.69, 9.17) is 14.5 Å². The van der Waals surface area contributed by atoms with Gasteiger partial charge in [-0.1, -0.05) is 29.8 Å². The minimum Gasteiger partial charge on any atom is -0.493 e. The van der Waals surface area contributed by atoms with Gasteiger partial charge in [0.1, 0.15) is 12.0 Å². The quantitative estimate of drug-likeness (QED) is 0.0933. The summed E-state index contributed by atoms with van der Waals surface area (Å²) in [4.78, 5) is 32.4. The Bertz CT molecular complexity index is 1570. The van der Waals surface area contributed by atoms with Crippen molar-refractivity contribution in [2.45, 2.75) is 26.2 Å². The van der Waals surface area contributed by atoms with Crippen LogP contribution in [0.15, 0.2) is 63.0 Å². The normalized spacial score (nSPS) is 12.1. The van der Waals surface area contributed by atoms with Crippen molar-refractivity contribution in [1.29, 1.82) is 0 Å². The first-order valence-corrected chi connectivity index (χ1v) is 13.0. The summed E-state index contributed by atoms with van der Waals surface area (Å²) in [7, 11) is 1.50. The average molecular weight is 678 g/mol. The van der Waals surface area contributed by atoms with Crippen LogP contribution < -0.4 is 15.0 Å². The number of nitrogens with zero attached hydrogens (tertiary/aromatic N) is 5. The Balaban J connectivity index is 1.72. The standard InChI is InChI=1S/C25H21BrIN5O5/c1-4-14(2)24-30-20-7-5-16(26)11-18(20)25(33)31(24)29-12-15-9-19(27)23(21(10-15)36-3)37-22-8-6-17(13-28-22)32(34)35/h5-14H,4H2,1-3H3/t14-/m1/s1. The second kappa shape index (κ2) is 11.3. The van der Waals surface area contributed by atoms with E-state index in [-0.39, 0.29) is 23.0 Å². The first-order valence-electron chi connectivity index (χ1n) is 11.1. The second-order valence-corrected chi connectivity index (χ2v) is 10.1. The predicted molar refractivity (Wildman–Crippen MR) is 152 cm³/mol. The fourth-order valence-electron chi connectivity index (χ4n) is 3.46. The van der Waals surface area contributed by atoms with Gasteiger partial charge in [-0.15, -0.1) is 0 Å². The maximum absolute atomic E-state index is 13.3. The molecule has 0 aliphatic rings. The number of hydrogen-bond acceptors (Lipinski definition) is 8. The molecule has 0 amide bonds. The van der Waals surface area contributed by atoms with Crippen molar-refractivity contribution in [1.82, 2.24) is 14.6 Å². The van der Waals surface area contributed by atoms with E-state index >= 15 is 0 Å². The Hall–Kier alpha value is -3.39. The first-order chi connectivity index (χ1) is 17.7. The molecule has 0 N–H and O–H groups in total. The molecule has 190 valence electrons. The van der Waals surface area contributed by atoms with E-state index in [0.717, 1.165) is 17.1 Å². The van der Waals surface area contributed by atoms with Crippen molar-refractivity contribution >= 4 is 61.3 Å². The fraction of sp³-hybridized carbons (Fsp3) is 0.200. The van der Waals surface area contributed by atoms with E-state index in [2.05, 4.69) is 48.6 Å². The van der Waals surface area contributed by atoms with Crippen LogP contribution in [0, 0.1) is 13.7 Å². The number of methoxy groups -OCH3 is 1. The van der Waals surface area contributed by atoms with Gasteiger partial charge in [0.2, 0.25) is 5.88 Å². The van der Waals surface area contributed by atoms with Crippen LogP contribution in [0.2, 0.25) is 0 Å². The molecule has 2 aromatic carbocycles. The summed E-state index contributed by atoms with van der Waals surface area (Å²) < 4.78 is 14.2. The number of hydrogen-bond donors (Lipinski definition) is 0. The van der Waals surface area contributed by atoms with E-state index in [1.54, 1.807) is 18.3 Å². The molecule has 0 bridgehead atoms. The number of ether oxygens (including phenoxy) is 2. The number of benzene rings is 2. The molecule has 0 unspecified atom stereocenters. The van der Waals surface area contributed by atoms with E-state index in [0.29, 0.717) is 37.4 Å². The van der Waals surface area contributed by atoms with Crippen LogP contribution >= 0.6 is 38.5 Å². The molecule has 0 fully saturated rings. The van der Waals surface area contributed by atoms with E-state index in [1.165, 1.54) is 23.9 Å². The highest BCUT2D eigenvalue weighted by molar-refractivity contribution is 14.1. The number of fused-ring (bicyclic) bond motifs is 1. The van der Waals surface area contributed by atoms with Crippen molar-refractivity contribution in [3.63, 3.8) is 0 Å². The monoisotopic (exact) mass is 677 g/mol. The van der Waals surface area contributed by atoms with Crippen molar-refractivity contribution < 1.29 is 14.4 Å². The van der Waals surface area contributed by atoms with Gasteiger partial charge in [0.05, 0.1) is 32.7 Å². The summed E-state index contributed by atoms with van der Waals surface area (Å²) in [6, 6.07) is 11.7. The first kappa shape index (κ1) is 26.7. The molecule has 0 spiro atoms. The van der Waals surface area contributed by atoms with Crippen LogP contribution in [-0.2, 0) is 0 Å². The van der Waals surface area contributed by atoms with Gasteiger partial charge in [0, 0.05) is 22.5 Å². The summed E-state index contributed by atoms with van der Waals surface area (Å²) in [5.74, 6) is 1.57. The predicted octanol–water partition coefficient (Wildman–Crippen LogP) is 6.26. The van der Waals surface area contributed by atoms with Gasteiger partial charge >= 0.3 is 0 Å². The van der Waals surface area contributed by atoms with Crippen molar-refractivity contribution in [3.8, 4) is 17.4 Å². The van der Waals surface area contributed by atoms with Crippen LogP contribution in [0.4, 0.5) is 5.69 Å². The van der Waals surface area contributed by atoms with Crippen molar-refractivity contribution in [2.75, 3.05) is 7.11 Å². The zero-order chi connectivity index (χ0) is 26.7. The lowest BCUT2D eigenvalue weighted by Crippen LogP contribution is -2.23. The van der Waals surface area contributed by atoms with E-state index in [1.807, 2.05) is 32.0 Å². The van der Waals surface area contributed by atoms with Gasteiger partial charge in [-0.3, -0.25) is 14.9 Å². The zero-order valence-electron chi connectivity index (χ0n) is 20.0. The summed E-state index contributed by atoms with van der Waals surface area (Å²) in [5.41, 5.74) is 0.890. The van der Waals surface area contributed by atoms with Crippen LogP contribution in [0.3, 0.4) is 0 Å². The largest absolute Gasteiger partial charge is 0.493 e. The van der Waals surface area contributed by atoms with Crippen molar-refractivity contribution in [2.24, 2.45) is 5.10 Å². The molecular weight excluding hydrogens is 657 g/mol. The molecule has 37 heavy (non-hydrogen) atoms. The van der Waals surface area contributed by atoms with Gasteiger partial charge in [-0.05, 0) is 64.9 Å². The summed E-state index contributed by atoms with van der Waals surface area (Å²) in [5, 5.41) is 15.8. The van der Waals surface area contributed by atoms with Crippen LogP contribution in [0.5, 0.6) is 17.4 Å². The summed E-state index contributed by atoms with van der Waals surface area (Å²) in [6.45, 7) is 4.03. The third kappa shape index (κ3) is 5.80. The van der Waals surface area contributed by atoms with Gasteiger partial charge in [0.15, 0.2) is 11.5 Å². The molecule has 10 nitrogen and oxygen atoms in total. The molecular formula is C25H21BrIN5O5. The smallest absolute Gasteiger partial charge is 0.287 e. The molecule has 0 aliphatic heterocycles. The maximum atomic E-state index is 13.3. The van der Waals surface area contributed by atoms with Crippen LogP contribution in [-0.4, -0.2) is 32.9 Å². The molecule has 12 heteroatoms. The Morgan fingerprint density at radius 2 is 2.05 bits per heavy atom. The molecule has 0 aliphatic carbocycles. The molecule has 0 saturated heterocycles. The number of rotatable bonds is 8. The molecule has 4 aromatic rings.